The number of nitrogens with one attached hydrogen (secondary N) is 2. The van der Waals surface area contributed by atoms with E-state index in [4.69, 9.17) is 4.42 Å². The molecule has 2 aromatic heterocycles. The van der Waals surface area contributed by atoms with Crippen molar-refractivity contribution >= 4 is 28.9 Å². The minimum Gasteiger partial charge on any atom is -0.508 e. The maximum Gasteiger partial charge on any atom is 0.322 e. The van der Waals surface area contributed by atoms with E-state index in [9.17, 15) is 19.5 Å². The van der Waals surface area contributed by atoms with E-state index in [1.54, 1.807) is 30.5 Å². The molecule has 2 aliphatic rings. The van der Waals surface area contributed by atoms with Crippen molar-refractivity contribution in [3.8, 4) is 5.75 Å². The number of pyridine rings is 1. The highest BCUT2D eigenvalue weighted by atomic mass is 16.3. The molecular weight excluding hydrogens is 364 g/mol. The van der Waals surface area contributed by atoms with Crippen LogP contribution in [0, 0.1) is 0 Å². The van der Waals surface area contributed by atoms with Crippen LogP contribution in [0.2, 0.25) is 0 Å². The van der Waals surface area contributed by atoms with Gasteiger partial charge in [-0.1, -0.05) is 6.07 Å². The SMILES string of the molecule is O=C1NC(=O)[C@@](CN2Cc3ccc(O)cc3C2=O)(c2cc3ncccc3o2)N1. The summed E-state index contributed by atoms with van der Waals surface area (Å²) >= 11 is 0. The molecule has 0 bridgehead atoms. The summed E-state index contributed by atoms with van der Waals surface area (Å²) in [5.74, 6) is -0.772. The van der Waals surface area contributed by atoms with Gasteiger partial charge >= 0.3 is 6.03 Å². The van der Waals surface area contributed by atoms with Gasteiger partial charge in [-0.25, -0.2) is 4.79 Å². The Kier molecular flexibility index (Phi) is 3.24. The monoisotopic (exact) mass is 378 g/mol. The standard InChI is InChI=1S/C19H14N4O5/c24-11-4-3-10-8-23(16(25)12(10)6-11)9-19(17(26)21-18(27)22-19)15-7-13-14(28-15)2-1-5-20-13/h1-7,24H,8-9H2,(H2,21,22,26,27)/t19-/m1/s1. The van der Waals surface area contributed by atoms with Crippen LogP contribution in [0.4, 0.5) is 4.79 Å². The smallest absolute Gasteiger partial charge is 0.322 e. The Morgan fingerprint density at radius 1 is 1.21 bits per heavy atom. The molecule has 0 aliphatic carbocycles. The molecule has 4 heterocycles. The van der Waals surface area contributed by atoms with Gasteiger partial charge in [0.25, 0.3) is 11.8 Å². The lowest BCUT2D eigenvalue weighted by Gasteiger charge is -2.28. The third-order valence-electron chi connectivity index (χ3n) is 5.05. The van der Waals surface area contributed by atoms with Crippen LogP contribution in [-0.4, -0.2) is 39.4 Å². The lowest BCUT2D eigenvalue weighted by Crippen LogP contribution is -2.52. The van der Waals surface area contributed by atoms with Gasteiger partial charge in [0.2, 0.25) is 0 Å². The summed E-state index contributed by atoms with van der Waals surface area (Å²) in [5.41, 5.74) is 0.524. The molecule has 0 unspecified atom stereocenters. The van der Waals surface area contributed by atoms with Crippen LogP contribution in [0.15, 0.2) is 47.0 Å². The van der Waals surface area contributed by atoms with Crippen LogP contribution in [0.3, 0.4) is 0 Å². The topological polar surface area (TPSA) is 125 Å². The van der Waals surface area contributed by atoms with E-state index >= 15 is 0 Å². The van der Waals surface area contributed by atoms with Crippen molar-refractivity contribution in [3.63, 3.8) is 0 Å². The molecule has 140 valence electrons. The zero-order valence-electron chi connectivity index (χ0n) is 14.4. The molecule has 5 rings (SSSR count). The molecule has 3 N–H and O–H groups in total. The molecule has 4 amide bonds. The minimum atomic E-state index is -1.57. The number of hydrogen-bond donors (Lipinski definition) is 3. The number of phenols is 1. The first-order valence-electron chi connectivity index (χ1n) is 8.56. The number of aromatic hydroxyl groups is 1. The number of amides is 4. The molecule has 0 radical (unpaired) electrons. The molecule has 3 aromatic rings. The average molecular weight is 378 g/mol. The third kappa shape index (κ3) is 2.26. The largest absolute Gasteiger partial charge is 0.508 e. The Hall–Kier alpha value is -3.88. The van der Waals surface area contributed by atoms with Crippen LogP contribution in [0.25, 0.3) is 11.1 Å². The first kappa shape index (κ1) is 16.3. The molecule has 1 atom stereocenters. The summed E-state index contributed by atoms with van der Waals surface area (Å²) in [6.45, 7) is 0.122. The molecule has 28 heavy (non-hydrogen) atoms. The van der Waals surface area contributed by atoms with Crippen LogP contribution < -0.4 is 10.6 Å². The molecule has 0 spiro atoms. The molecule has 1 aromatic carbocycles. The number of furan rings is 1. The molecular formula is C19H14N4O5. The predicted molar refractivity (Wildman–Crippen MR) is 95.2 cm³/mol. The van der Waals surface area contributed by atoms with Gasteiger partial charge in [-0.15, -0.1) is 0 Å². The number of nitrogens with zero attached hydrogens (tertiary/aromatic N) is 2. The molecule has 1 saturated heterocycles. The number of carbonyl (C=O) groups is 3. The van der Waals surface area contributed by atoms with Crippen LogP contribution in [-0.2, 0) is 16.9 Å². The van der Waals surface area contributed by atoms with Gasteiger partial charge in [0.1, 0.15) is 17.0 Å². The molecule has 9 heteroatoms. The Balaban J connectivity index is 1.56. The highest BCUT2D eigenvalue weighted by Crippen LogP contribution is 2.34. The predicted octanol–water partition coefficient (Wildman–Crippen LogP) is 1.22. The van der Waals surface area contributed by atoms with Crippen molar-refractivity contribution < 1.29 is 23.9 Å². The van der Waals surface area contributed by atoms with E-state index in [1.165, 1.54) is 17.0 Å². The highest BCUT2D eigenvalue weighted by Gasteiger charge is 2.53. The minimum absolute atomic E-state index is 0.0149. The number of phenolic OH excluding ortho intramolecular Hbond substituents is 1. The zero-order valence-corrected chi connectivity index (χ0v) is 14.4. The molecule has 1 fully saturated rings. The van der Waals surface area contributed by atoms with E-state index in [1.807, 2.05) is 0 Å². The van der Waals surface area contributed by atoms with Crippen molar-refractivity contribution in [2.24, 2.45) is 0 Å². The summed E-state index contributed by atoms with van der Waals surface area (Å²) in [6, 6.07) is 8.87. The molecule has 9 nitrogen and oxygen atoms in total. The number of imide groups is 1. The Labute approximate surface area is 158 Å². The van der Waals surface area contributed by atoms with Crippen molar-refractivity contribution in [2.45, 2.75) is 12.1 Å². The first-order chi connectivity index (χ1) is 13.5. The number of hydrogen-bond acceptors (Lipinski definition) is 6. The second-order valence-corrected chi connectivity index (χ2v) is 6.81. The first-order valence-corrected chi connectivity index (χ1v) is 8.56. The number of aromatic nitrogens is 1. The van der Waals surface area contributed by atoms with E-state index in [0.29, 0.717) is 16.7 Å². The highest BCUT2D eigenvalue weighted by molar-refractivity contribution is 6.08. The lowest BCUT2D eigenvalue weighted by atomic mass is 9.95. The Morgan fingerprint density at radius 2 is 2.07 bits per heavy atom. The van der Waals surface area contributed by atoms with Crippen molar-refractivity contribution in [2.75, 3.05) is 6.54 Å². The summed E-state index contributed by atoms with van der Waals surface area (Å²) in [4.78, 5) is 43.1. The normalized spacial score (nSPS) is 21.1. The summed E-state index contributed by atoms with van der Waals surface area (Å²) in [6.07, 6.45) is 1.59. The van der Waals surface area contributed by atoms with Gasteiger partial charge in [0.15, 0.2) is 11.1 Å². The van der Waals surface area contributed by atoms with E-state index in [2.05, 4.69) is 15.6 Å². The van der Waals surface area contributed by atoms with Gasteiger partial charge < -0.3 is 19.7 Å². The van der Waals surface area contributed by atoms with Crippen molar-refractivity contribution in [1.29, 1.82) is 0 Å². The summed E-state index contributed by atoms with van der Waals surface area (Å²) < 4.78 is 5.80. The van der Waals surface area contributed by atoms with Gasteiger partial charge in [0, 0.05) is 24.4 Å². The Morgan fingerprint density at radius 3 is 2.82 bits per heavy atom. The van der Waals surface area contributed by atoms with E-state index in [0.717, 1.165) is 5.56 Å². The summed E-state index contributed by atoms with van der Waals surface area (Å²) in [7, 11) is 0. The van der Waals surface area contributed by atoms with Crippen LogP contribution >= 0.6 is 0 Å². The second-order valence-electron chi connectivity index (χ2n) is 6.81. The third-order valence-corrected chi connectivity index (χ3v) is 5.05. The molecule has 2 aliphatic heterocycles. The number of benzene rings is 1. The average Bonchev–Trinajstić information content (AvgIpc) is 3.31. The maximum absolute atomic E-state index is 12.8. The van der Waals surface area contributed by atoms with Crippen molar-refractivity contribution in [3.05, 3.63) is 59.5 Å². The number of fused-ring (bicyclic) bond motifs is 2. The van der Waals surface area contributed by atoms with E-state index in [-0.39, 0.29) is 30.5 Å². The fraction of sp³-hybridized carbons (Fsp3) is 0.158. The lowest BCUT2D eigenvalue weighted by molar-refractivity contribution is -0.125. The van der Waals surface area contributed by atoms with E-state index < -0.39 is 17.5 Å². The van der Waals surface area contributed by atoms with Gasteiger partial charge in [0.05, 0.1) is 6.54 Å². The fourth-order valence-corrected chi connectivity index (χ4v) is 3.70. The quantitative estimate of drug-likeness (QED) is 0.589. The van der Waals surface area contributed by atoms with Crippen LogP contribution in [0.1, 0.15) is 21.7 Å². The number of carbonyl (C=O) groups excluding carboxylic acids is 3. The second kappa shape index (κ2) is 5.56. The maximum atomic E-state index is 12.8. The van der Waals surface area contributed by atoms with Crippen molar-refractivity contribution in [1.82, 2.24) is 20.5 Å². The zero-order chi connectivity index (χ0) is 19.5. The Bertz CT molecular complexity index is 1140. The van der Waals surface area contributed by atoms with Crippen LogP contribution in [0.5, 0.6) is 5.75 Å². The van der Waals surface area contributed by atoms with Gasteiger partial charge in [-0.2, -0.15) is 0 Å². The van der Waals surface area contributed by atoms with Gasteiger partial charge in [-0.05, 0) is 29.8 Å². The fourth-order valence-electron chi connectivity index (χ4n) is 3.70. The summed E-state index contributed by atoms with van der Waals surface area (Å²) in [5, 5.41) is 14.5. The van der Waals surface area contributed by atoms with Gasteiger partial charge in [-0.3, -0.25) is 19.9 Å². The number of rotatable bonds is 3. The molecule has 0 saturated carbocycles. The number of urea groups is 1.